The number of hydrogen-bond acceptors (Lipinski definition) is 6. The summed E-state index contributed by atoms with van der Waals surface area (Å²) >= 11 is 1.68. The normalized spacial score (nSPS) is 28.6. The summed E-state index contributed by atoms with van der Waals surface area (Å²) in [6.45, 7) is 0.521. The third-order valence-electron chi connectivity index (χ3n) is 2.95. The summed E-state index contributed by atoms with van der Waals surface area (Å²) in [6.07, 6.45) is -4.53. The molecule has 1 unspecified atom stereocenters. The Balaban J connectivity index is 2.37. The molecule has 2 heterocycles. The van der Waals surface area contributed by atoms with Gasteiger partial charge < -0.3 is 14.6 Å². The second kappa shape index (κ2) is 6.23. The molecule has 1 aromatic rings. The molecule has 1 fully saturated rings. The Hall–Kier alpha value is -1.27. The summed E-state index contributed by atoms with van der Waals surface area (Å²) in [5.41, 5.74) is -1.45. The molecule has 1 aliphatic heterocycles. The highest BCUT2D eigenvalue weighted by Gasteiger charge is 2.48. The SMILES string of the molecule is CC(=O)OC1[C@@H](CO)O[C@@H](n2cc(I)c(=O)[nH]c2=O)[C@H]1F. The van der Waals surface area contributed by atoms with Crippen LogP contribution in [0.5, 0.6) is 0 Å². The maximum absolute atomic E-state index is 14.4. The van der Waals surface area contributed by atoms with E-state index in [1.54, 1.807) is 22.6 Å². The Morgan fingerprint density at radius 2 is 2.29 bits per heavy atom. The number of nitrogens with zero attached hydrogens (tertiary/aromatic N) is 1. The molecule has 0 bridgehead atoms. The number of alkyl halides is 1. The molecule has 0 spiro atoms. The highest BCUT2D eigenvalue weighted by molar-refractivity contribution is 14.1. The second-order valence-corrected chi connectivity index (χ2v) is 5.57. The van der Waals surface area contributed by atoms with Crippen molar-refractivity contribution in [3.05, 3.63) is 30.6 Å². The van der Waals surface area contributed by atoms with Crippen molar-refractivity contribution in [3.8, 4) is 0 Å². The van der Waals surface area contributed by atoms with E-state index in [2.05, 4.69) is 0 Å². The Bertz CT molecular complexity index is 659. The van der Waals surface area contributed by atoms with E-state index < -0.39 is 48.4 Å². The molecule has 8 nitrogen and oxygen atoms in total. The van der Waals surface area contributed by atoms with Gasteiger partial charge in [0.05, 0.1) is 10.2 Å². The van der Waals surface area contributed by atoms with Crippen LogP contribution in [-0.4, -0.2) is 45.6 Å². The maximum Gasteiger partial charge on any atom is 0.330 e. The first-order chi connectivity index (χ1) is 9.85. The smallest absolute Gasteiger partial charge is 0.330 e. The molecule has 0 saturated carbocycles. The largest absolute Gasteiger partial charge is 0.456 e. The minimum Gasteiger partial charge on any atom is -0.456 e. The first-order valence-corrected chi connectivity index (χ1v) is 7.01. The fraction of sp³-hybridized carbons (Fsp3) is 0.545. The van der Waals surface area contributed by atoms with Crippen LogP contribution in [0.25, 0.3) is 0 Å². The number of carbonyl (C=O) groups is 1. The van der Waals surface area contributed by atoms with Crippen LogP contribution in [0.15, 0.2) is 15.8 Å². The van der Waals surface area contributed by atoms with Gasteiger partial charge in [-0.15, -0.1) is 0 Å². The first-order valence-electron chi connectivity index (χ1n) is 5.93. The Kier molecular flexibility index (Phi) is 4.78. The number of halogens is 2. The average molecular weight is 414 g/mol. The lowest BCUT2D eigenvalue weighted by molar-refractivity contribution is -0.152. The van der Waals surface area contributed by atoms with E-state index >= 15 is 0 Å². The lowest BCUT2D eigenvalue weighted by Gasteiger charge is -2.17. The zero-order valence-corrected chi connectivity index (χ0v) is 12.9. The van der Waals surface area contributed by atoms with E-state index in [0.29, 0.717) is 0 Å². The van der Waals surface area contributed by atoms with Crippen LogP contribution >= 0.6 is 22.6 Å². The highest BCUT2D eigenvalue weighted by Crippen LogP contribution is 2.32. The van der Waals surface area contributed by atoms with E-state index in [1.165, 1.54) is 0 Å². The summed E-state index contributed by atoms with van der Waals surface area (Å²) in [6, 6.07) is 0. The number of aromatic nitrogens is 2. The number of hydrogen-bond donors (Lipinski definition) is 2. The molecule has 0 radical (unpaired) electrons. The van der Waals surface area contributed by atoms with Crippen LogP contribution < -0.4 is 11.2 Å². The number of aromatic amines is 1. The average Bonchev–Trinajstić information content (AvgIpc) is 2.71. The molecular weight excluding hydrogens is 402 g/mol. The molecule has 0 aromatic carbocycles. The van der Waals surface area contributed by atoms with Crippen molar-refractivity contribution in [2.45, 2.75) is 31.5 Å². The summed E-state index contributed by atoms with van der Waals surface area (Å²) in [4.78, 5) is 36.0. The van der Waals surface area contributed by atoms with Gasteiger partial charge in [0.15, 0.2) is 18.5 Å². The van der Waals surface area contributed by atoms with Crippen molar-refractivity contribution in [2.75, 3.05) is 6.61 Å². The minimum absolute atomic E-state index is 0.166. The number of H-pyrrole nitrogens is 1. The van der Waals surface area contributed by atoms with Crippen molar-refractivity contribution < 1.29 is 23.8 Å². The minimum atomic E-state index is -1.86. The van der Waals surface area contributed by atoms with E-state index in [0.717, 1.165) is 17.7 Å². The molecule has 10 heteroatoms. The number of esters is 1. The molecular formula is C11H12FIN2O6. The monoisotopic (exact) mass is 414 g/mol. The van der Waals surface area contributed by atoms with Gasteiger partial charge in [0.1, 0.15) is 6.10 Å². The number of ether oxygens (including phenoxy) is 2. The highest BCUT2D eigenvalue weighted by atomic mass is 127. The molecule has 21 heavy (non-hydrogen) atoms. The predicted molar refractivity (Wildman–Crippen MR) is 75.5 cm³/mol. The van der Waals surface area contributed by atoms with Gasteiger partial charge in [-0.2, -0.15) is 0 Å². The second-order valence-electron chi connectivity index (χ2n) is 4.41. The lowest BCUT2D eigenvalue weighted by Crippen LogP contribution is -2.38. The van der Waals surface area contributed by atoms with Gasteiger partial charge in [0.25, 0.3) is 5.56 Å². The number of carbonyl (C=O) groups excluding carboxylic acids is 1. The Morgan fingerprint density at radius 1 is 1.62 bits per heavy atom. The van der Waals surface area contributed by atoms with Crippen LogP contribution in [-0.2, 0) is 14.3 Å². The van der Waals surface area contributed by atoms with Crippen LogP contribution in [0.2, 0.25) is 0 Å². The molecule has 1 aliphatic rings. The van der Waals surface area contributed by atoms with Crippen molar-refractivity contribution in [3.63, 3.8) is 0 Å². The van der Waals surface area contributed by atoms with Crippen LogP contribution in [0.1, 0.15) is 13.2 Å². The number of rotatable bonds is 3. The summed E-state index contributed by atoms with van der Waals surface area (Å²) in [7, 11) is 0. The fourth-order valence-electron chi connectivity index (χ4n) is 2.05. The maximum atomic E-state index is 14.4. The molecule has 116 valence electrons. The van der Waals surface area contributed by atoms with Crippen LogP contribution in [0.3, 0.4) is 0 Å². The molecule has 1 aromatic heterocycles. The van der Waals surface area contributed by atoms with Crippen molar-refractivity contribution in [2.24, 2.45) is 0 Å². The van der Waals surface area contributed by atoms with Gasteiger partial charge in [-0.3, -0.25) is 19.1 Å². The van der Waals surface area contributed by atoms with Gasteiger partial charge in [-0.25, -0.2) is 9.18 Å². The molecule has 2 N–H and O–H groups in total. The molecule has 1 saturated heterocycles. The van der Waals surface area contributed by atoms with Crippen molar-refractivity contribution >= 4 is 28.6 Å². The Morgan fingerprint density at radius 3 is 2.86 bits per heavy atom. The molecule has 2 rings (SSSR count). The van der Waals surface area contributed by atoms with Gasteiger partial charge in [0.2, 0.25) is 0 Å². The van der Waals surface area contributed by atoms with Gasteiger partial charge in [-0.1, -0.05) is 0 Å². The van der Waals surface area contributed by atoms with E-state index in [-0.39, 0.29) is 3.57 Å². The summed E-state index contributed by atoms with van der Waals surface area (Å²) < 4.78 is 25.4. The molecule has 0 amide bonds. The van der Waals surface area contributed by atoms with Crippen LogP contribution in [0.4, 0.5) is 4.39 Å². The van der Waals surface area contributed by atoms with Crippen LogP contribution in [0, 0.1) is 3.57 Å². The van der Waals surface area contributed by atoms with Gasteiger partial charge >= 0.3 is 11.7 Å². The van der Waals surface area contributed by atoms with Gasteiger partial charge in [-0.05, 0) is 22.6 Å². The predicted octanol–water partition coefficient (Wildman–Crippen LogP) is -0.699. The molecule has 4 atom stereocenters. The third kappa shape index (κ3) is 3.16. The topological polar surface area (TPSA) is 111 Å². The first kappa shape index (κ1) is 16.1. The standard InChI is InChI=1S/C11H12FIN2O6/c1-4(17)20-8-6(3-16)21-10(7(8)12)15-2-5(13)9(18)14-11(15)19/h2,6-8,10,16H,3H2,1H3,(H,14,18,19)/t6-,7+,8?,10-/m1/s1. The fourth-order valence-corrected chi connectivity index (χ4v) is 2.48. The van der Waals surface area contributed by atoms with E-state index in [4.69, 9.17) is 9.47 Å². The van der Waals surface area contributed by atoms with E-state index in [1.807, 2.05) is 4.98 Å². The zero-order chi connectivity index (χ0) is 15.7. The lowest BCUT2D eigenvalue weighted by atomic mass is 10.1. The van der Waals surface area contributed by atoms with E-state index in [9.17, 15) is 23.9 Å². The van der Waals surface area contributed by atoms with Gasteiger partial charge in [0, 0.05) is 13.1 Å². The quantitative estimate of drug-likeness (QED) is 0.500. The van der Waals surface area contributed by atoms with Crippen molar-refractivity contribution in [1.29, 1.82) is 0 Å². The van der Waals surface area contributed by atoms with Crippen molar-refractivity contribution in [1.82, 2.24) is 9.55 Å². The number of aliphatic hydroxyl groups excluding tert-OH is 1. The third-order valence-corrected chi connectivity index (χ3v) is 3.72. The summed E-state index contributed by atoms with van der Waals surface area (Å²) in [5.74, 6) is -0.728. The molecule has 0 aliphatic carbocycles. The Labute approximate surface area is 131 Å². The number of nitrogens with one attached hydrogen (secondary N) is 1. The zero-order valence-electron chi connectivity index (χ0n) is 10.8. The summed E-state index contributed by atoms with van der Waals surface area (Å²) in [5, 5.41) is 9.17. The number of aliphatic hydroxyl groups is 1.